The first-order chi connectivity index (χ1) is 7.26. The molecule has 1 atom stereocenters. The summed E-state index contributed by atoms with van der Waals surface area (Å²) in [7, 11) is 0. The SMILES string of the molecule is CCCC=CC(C=CCCC)C(N)CO. The highest BCUT2D eigenvalue weighted by Gasteiger charge is 2.09. The van der Waals surface area contributed by atoms with Crippen molar-refractivity contribution in [2.24, 2.45) is 11.7 Å². The second-order valence-electron chi connectivity index (χ2n) is 3.86. The smallest absolute Gasteiger partial charge is 0.0591 e. The van der Waals surface area contributed by atoms with Crippen LogP contribution in [0.25, 0.3) is 0 Å². The molecule has 0 bridgehead atoms. The lowest BCUT2D eigenvalue weighted by Gasteiger charge is -2.14. The van der Waals surface area contributed by atoms with Crippen molar-refractivity contribution < 1.29 is 5.11 Å². The molecule has 0 aromatic rings. The molecule has 0 aliphatic carbocycles. The van der Waals surface area contributed by atoms with Gasteiger partial charge >= 0.3 is 0 Å². The maximum absolute atomic E-state index is 9.03. The summed E-state index contributed by atoms with van der Waals surface area (Å²) in [6.07, 6.45) is 13.0. The number of aliphatic hydroxyl groups is 1. The quantitative estimate of drug-likeness (QED) is 0.606. The van der Waals surface area contributed by atoms with Crippen LogP contribution in [0.5, 0.6) is 0 Å². The molecule has 0 rings (SSSR count). The summed E-state index contributed by atoms with van der Waals surface area (Å²) < 4.78 is 0. The summed E-state index contributed by atoms with van der Waals surface area (Å²) >= 11 is 0. The van der Waals surface area contributed by atoms with Crippen molar-refractivity contribution in [3.05, 3.63) is 24.3 Å². The first kappa shape index (κ1) is 14.4. The zero-order chi connectivity index (χ0) is 11.5. The van der Waals surface area contributed by atoms with E-state index in [1.54, 1.807) is 0 Å². The fourth-order valence-electron chi connectivity index (χ4n) is 1.31. The van der Waals surface area contributed by atoms with Crippen molar-refractivity contribution in [3.63, 3.8) is 0 Å². The summed E-state index contributed by atoms with van der Waals surface area (Å²) in [5, 5.41) is 9.03. The Balaban J connectivity index is 4.17. The van der Waals surface area contributed by atoms with E-state index in [2.05, 4.69) is 38.2 Å². The zero-order valence-electron chi connectivity index (χ0n) is 10.0. The molecule has 0 saturated carbocycles. The Bertz CT molecular complexity index is 171. The van der Waals surface area contributed by atoms with Gasteiger partial charge in [-0.3, -0.25) is 0 Å². The molecule has 0 aromatic carbocycles. The van der Waals surface area contributed by atoms with Crippen LogP contribution >= 0.6 is 0 Å². The summed E-state index contributed by atoms with van der Waals surface area (Å²) in [6, 6.07) is -0.175. The van der Waals surface area contributed by atoms with Gasteiger partial charge in [0.2, 0.25) is 0 Å². The third kappa shape index (κ3) is 7.34. The van der Waals surface area contributed by atoms with Crippen molar-refractivity contribution >= 4 is 0 Å². The summed E-state index contributed by atoms with van der Waals surface area (Å²) in [4.78, 5) is 0. The predicted octanol–water partition coefficient (Wildman–Crippen LogP) is 2.63. The van der Waals surface area contributed by atoms with Crippen LogP contribution in [0.15, 0.2) is 24.3 Å². The van der Waals surface area contributed by atoms with Crippen LogP contribution in [0, 0.1) is 5.92 Å². The first-order valence-electron chi connectivity index (χ1n) is 5.96. The topological polar surface area (TPSA) is 46.2 Å². The van der Waals surface area contributed by atoms with Crippen LogP contribution in [0.2, 0.25) is 0 Å². The second kappa shape index (κ2) is 9.94. The Morgan fingerprint density at radius 1 is 1.07 bits per heavy atom. The summed E-state index contributed by atoms with van der Waals surface area (Å²) in [5.41, 5.74) is 5.83. The Kier molecular flexibility index (Phi) is 9.54. The molecular formula is C13H25NO. The molecule has 0 radical (unpaired) electrons. The third-order valence-corrected chi connectivity index (χ3v) is 2.33. The largest absolute Gasteiger partial charge is 0.395 e. The average Bonchev–Trinajstić information content (AvgIpc) is 2.26. The van der Waals surface area contributed by atoms with E-state index in [0.717, 1.165) is 25.7 Å². The molecule has 1 unspecified atom stereocenters. The Hall–Kier alpha value is -0.600. The molecule has 3 N–H and O–H groups in total. The normalized spacial score (nSPS) is 16.3. The first-order valence-corrected chi connectivity index (χ1v) is 5.96. The molecule has 2 nitrogen and oxygen atoms in total. The highest BCUT2D eigenvalue weighted by molar-refractivity contribution is 5.04. The number of allylic oxidation sites excluding steroid dienone is 2. The van der Waals surface area contributed by atoms with E-state index in [1.807, 2.05) is 0 Å². The van der Waals surface area contributed by atoms with Crippen LogP contribution in [0.1, 0.15) is 39.5 Å². The molecule has 0 amide bonds. The Morgan fingerprint density at radius 2 is 1.53 bits per heavy atom. The molecule has 0 fully saturated rings. The average molecular weight is 211 g/mol. The van der Waals surface area contributed by atoms with Crippen LogP contribution in [0.4, 0.5) is 0 Å². The van der Waals surface area contributed by atoms with Crippen molar-refractivity contribution in [3.8, 4) is 0 Å². The van der Waals surface area contributed by atoms with Gasteiger partial charge in [-0.15, -0.1) is 0 Å². The van der Waals surface area contributed by atoms with Crippen LogP contribution in [0.3, 0.4) is 0 Å². The van der Waals surface area contributed by atoms with Gasteiger partial charge in [-0.1, -0.05) is 51.0 Å². The van der Waals surface area contributed by atoms with E-state index >= 15 is 0 Å². The molecule has 0 spiro atoms. The molecule has 0 heterocycles. The van der Waals surface area contributed by atoms with Gasteiger partial charge in [0.15, 0.2) is 0 Å². The fourth-order valence-corrected chi connectivity index (χ4v) is 1.31. The van der Waals surface area contributed by atoms with Crippen molar-refractivity contribution in [1.29, 1.82) is 0 Å². The minimum absolute atomic E-state index is 0.0393. The minimum Gasteiger partial charge on any atom is -0.395 e. The van der Waals surface area contributed by atoms with Gasteiger partial charge in [0.25, 0.3) is 0 Å². The van der Waals surface area contributed by atoms with Gasteiger partial charge in [0.05, 0.1) is 6.61 Å². The van der Waals surface area contributed by atoms with Gasteiger partial charge in [-0.25, -0.2) is 0 Å². The molecule has 0 aliphatic rings. The molecule has 15 heavy (non-hydrogen) atoms. The number of unbranched alkanes of at least 4 members (excludes halogenated alkanes) is 2. The number of hydrogen-bond donors (Lipinski definition) is 2. The monoisotopic (exact) mass is 211 g/mol. The second-order valence-corrected chi connectivity index (χ2v) is 3.86. The van der Waals surface area contributed by atoms with Crippen molar-refractivity contribution in [2.75, 3.05) is 6.61 Å². The van der Waals surface area contributed by atoms with Gasteiger partial charge in [-0.05, 0) is 12.8 Å². The summed E-state index contributed by atoms with van der Waals surface area (Å²) in [6.45, 7) is 4.34. The fraction of sp³-hybridized carbons (Fsp3) is 0.692. The van der Waals surface area contributed by atoms with Crippen LogP contribution in [-0.4, -0.2) is 17.8 Å². The third-order valence-electron chi connectivity index (χ3n) is 2.33. The zero-order valence-corrected chi connectivity index (χ0v) is 10.0. The lowest BCUT2D eigenvalue weighted by molar-refractivity contribution is 0.252. The van der Waals surface area contributed by atoms with Gasteiger partial charge < -0.3 is 10.8 Å². The van der Waals surface area contributed by atoms with Crippen molar-refractivity contribution in [2.45, 2.75) is 45.6 Å². The number of aliphatic hydroxyl groups excluding tert-OH is 1. The molecule has 0 aliphatic heterocycles. The lowest BCUT2D eigenvalue weighted by atomic mass is 9.99. The van der Waals surface area contributed by atoms with Crippen molar-refractivity contribution in [1.82, 2.24) is 0 Å². The lowest BCUT2D eigenvalue weighted by Crippen LogP contribution is -2.31. The molecule has 2 heteroatoms. The van der Waals surface area contributed by atoms with Crippen LogP contribution in [-0.2, 0) is 0 Å². The minimum atomic E-state index is -0.175. The van der Waals surface area contributed by atoms with E-state index in [9.17, 15) is 0 Å². The van der Waals surface area contributed by atoms with Crippen LogP contribution < -0.4 is 5.73 Å². The number of nitrogens with two attached hydrogens (primary N) is 1. The van der Waals surface area contributed by atoms with Gasteiger partial charge in [0, 0.05) is 12.0 Å². The number of hydrogen-bond acceptors (Lipinski definition) is 2. The van der Waals surface area contributed by atoms with E-state index in [0.29, 0.717) is 0 Å². The maximum Gasteiger partial charge on any atom is 0.0591 e. The highest BCUT2D eigenvalue weighted by Crippen LogP contribution is 2.08. The maximum atomic E-state index is 9.03. The number of rotatable bonds is 8. The Labute approximate surface area is 93.9 Å². The molecule has 0 aromatic heterocycles. The molecule has 88 valence electrons. The van der Waals surface area contributed by atoms with E-state index < -0.39 is 0 Å². The van der Waals surface area contributed by atoms with Gasteiger partial charge in [-0.2, -0.15) is 0 Å². The van der Waals surface area contributed by atoms with E-state index in [4.69, 9.17) is 10.8 Å². The van der Waals surface area contributed by atoms with E-state index in [-0.39, 0.29) is 18.6 Å². The van der Waals surface area contributed by atoms with E-state index in [1.165, 1.54) is 0 Å². The summed E-state index contributed by atoms with van der Waals surface area (Å²) in [5.74, 6) is 0.174. The predicted molar refractivity (Wildman–Crippen MR) is 66.6 cm³/mol. The Morgan fingerprint density at radius 3 is 1.87 bits per heavy atom. The van der Waals surface area contributed by atoms with Gasteiger partial charge in [0.1, 0.15) is 0 Å². The highest BCUT2D eigenvalue weighted by atomic mass is 16.3. The molecule has 0 saturated heterocycles. The molecular weight excluding hydrogens is 186 g/mol. The standard InChI is InChI=1S/C13H25NO/c1-3-5-7-9-12(13(14)11-15)10-8-6-4-2/h7-10,12-13,15H,3-6,11,14H2,1-2H3.